The number of hydrogen-bond donors (Lipinski definition) is 1. The van der Waals surface area contributed by atoms with Crippen LogP contribution in [0.3, 0.4) is 0 Å². The van der Waals surface area contributed by atoms with E-state index in [1.807, 2.05) is 0 Å². The molecule has 1 fully saturated rings. The Labute approximate surface area is 196 Å². The molecule has 5 rings (SSSR count). The van der Waals surface area contributed by atoms with Crippen molar-refractivity contribution in [3.8, 4) is 11.5 Å². The molecule has 0 unspecified atom stereocenters. The molecule has 2 amide bonds. The van der Waals surface area contributed by atoms with Gasteiger partial charge in [0, 0.05) is 22.8 Å². The number of carbonyl (C=O) groups excluding carboxylic acids is 2. The van der Waals surface area contributed by atoms with E-state index in [1.165, 1.54) is 11.2 Å². The maximum absolute atomic E-state index is 13.7. The van der Waals surface area contributed by atoms with Crippen molar-refractivity contribution in [1.29, 1.82) is 0 Å². The van der Waals surface area contributed by atoms with Gasteiger partial charge in [-0.1, -0.05) is 36.6 Å². The first-order chi connectivity index (χ1) is 16.1. The summed E-state index contributed by atoms with van der Waals surface area (Å²) in [5, 5.41) is 3.68. The van der Waals surface area contributed by atoms with E-state index in [0.717, 1.165) is 25.7 Å². The van der Waals surface area contributed by atoms with Crippen LogP contribution in [0.1, 0.15) is 47.8 Å². The van der Waals surface area contributed by atoms with Gasteiger partial charge >= 0.3 is 0 Å². The normalized spacial score (nSPS) is 15.9. The van der Waals surface area contributed by atoms with E-state index in [9.17, 15) is 9.59 Å². The van der Waals surface area contributed by atoms with Crippen LogP contribution in [-0.4, -0.2) is 24.6 Å². The molecular weight excluding hydrogens is 444 g/mol. The van der Waals surface area contributed by atoms with E-state index in [4.69, 9.17) is 25.5 Å². The van der Waals surface area contributed by atoms with Crippen LogP contribution in [0.15, 0.2) is 65.3 Å². The summed E-state index contributed by atoms with van der Waals surface area (Å²) in [7, 11) is 0. The van der Waals surface area contributed by atoms with Crippen molar-refractivity contribution in [3.05, 3.63) is 77.2 Å². The van der Waals surface area contributed by atoms with Gasteiger partial charge < -0.3 is 19.2 Å². The lowest BCUT2D eigenvalue weighted by molar-refractivity contribution is -0.123. The molecular formula is C25H23ClN2O5. The largest absolute Gasteiger partial charge is 0.459 e. The molecule has 1 aliphatic heterocycles. The van der Waals surface area contributed by atoms with E-state index in [0.29, 0.717) is 27.8 Å². The highest BCUT2D eigenvalue weighted by Crippen LogP contribution is 2.39. The third-order valence-corrected chi connectivity index (χ3v) is 6.23. The van der Waals surface area contributed by atoms with Crippen molar-refractivity contribution in [2.45, 2.75) is 37.8 Å². The first-order valence-electron chi connectivity index (χ1n) is 10.9. The topological polar surface area (TPSA) is 81.0 Å². The predicted molar refractivity (Wildman–Crippen MR) is 123 cm³/mol. The molecule has 33 heavy (non-hydrogen) atoms. The number of nitrogens with one attached hydrogen (secondary N) is 1. The Kier molecular flexibility index (Phi) is 5.96. The quantitative estimate of drug-likeness (QED) is 0.546. The van der Waals surface area contributed by atoms with Crippen molar-refractivity contribution >= 4 is 29.1 Å². The van der Waals surface area contributed by atoms with E-state index >= 15 is 0 Å². The van der Waals surface area contributed by atoms with Crippen LogP contribution in [0.4, 0.5) is 5.69 Å². The lowest BCUT2D eigenvalue weighted by Gasteiger charge is -2.32. The lowest BCUT2D eigenvalue weighted by Crippen LogP contribution is -2.46. The number of hydrogen-bond acceptors (Lipinski definition) is 5. The van der Waals surface area contributed by atoms with Gasteiger partial charge in [0.15, 0.2) is 17.3 Å². The van der Waals surface area contributed by atoms with Gasteiger partial charge in [0.25, 0.3) is 5.91 Å². The molecule has 1 N–H and O–H groups in total. The van der Waals surface area contributed by atoms with Gasteiger partial charge in [-0.2, -0.15) is 0 Å². The molecule has 0 saturated heterocycles. The highest BCUT2D eigenvalue weighted by molar-refractivity contribution is 6.30. The molecule has 170 valence electrons. The van der Waals surface area contributed by atoms with Gasteiger partial charge in [0.05, 0.1) is 6.26 Å². The third kappa shape index (κ3) is 4.41. The van der Waals surface area contributed by atoms with Crippen molar-refractivity contribution in [1.82, 2.24) is 5.32 Å². The molecule has 1 aliphatic carbocycles. The average molecular weight is 467 g/mol. The Morgan fingerprint density at radius 2 is 1.76 bits per heavy atom. The summed E-state index contributed by atoms with van der Waals surface area (Å²) < 4.78 is 16.4. The molecule has 1 atom stereocenters. The number of furan rings is 1. The lowest BCUT2D eigenvalue weighted by atomic mass is 10.0. The molecule has 8 heteroatoms. The molecule has 1 saturated carbocycles. The van der Waals surface area contributed by atoms with Crippen molar-refractivity contribution in [2.75, 3.05) is 11.7 Å². The second kappa shape index (κ2) is 9.19. The van der Waals surface area contributed by atoms with Crippen LogP contribution < -0.4 is 19.7 Å². The Balaban J connectivity index is 1.60. The average Bonchev–Trinajstić information content (AvgIpc) is 3.60. The number of amides is 2. The van der Waals surface area contributed by atoms with Gasteiger partial charge in [-0.25, -0.2) is 0 Å². The van der Waals surface area contributed by atoms with Gasteiger partial charge in [0.2, 0.25) is 12.7 Å². The predicted octanol–water partition coefficient (Wildman–Crippen LogP) is 5.11. The molecule has 2 heterocycles. The monoisotopic (exact) mass is 466 g/mol. The number of carbonyl (C=O) groups is 2. The Morgan fingerprint density at radius 3 is 2.48 bits per heavy atom. The van der Waals surface area contributed by atoms with Crippen molar-refractivity contribution in [3.63, 3.8) is 0 Å². The number of ether oxygens (including phenoxy) is 2. The number of halogens is 1. The van der Waals surface area contributed by atoms with E-state index in [2.05, 4.69) is 5.32 Å². The minimum absolute atomic E-state index is 0.0876. The van der Waals surface area contributed by atoms with E-state index in [-0.39, 0.29) is 24.5 Å². The molecule has 2 aliphatic rings. The van der Waals surface area contributed by atoms with Crippen LogP contribution in [0, 0.1) is 0 Å². The second-order valence-electron chi connectivity index (χ2n) is 8.13. The summed E-state index contributed by atoms with van der Waals surface area (Å²) in [5.74, 6) is 0.515. The maximum Gasteiger partial charge on any atom is 0.294 e. The summed E-state index contributed by atoms with van der Waals surface area (Å²) in [6.07, 6.45) is 5.44. The van der Waals surface area contributed by atoms with Crippen LogP contribution in [0.5, 0.6) is 11.5 Å². The van der Waals surface area contributed by atoms with Gasteiger partial charge in [-0.15, -0.1) is 0 Å². The zero-order valence-corrected chi connectivity index (χ0v) is 18.6. The van der Waals surface area contributed by atoms with Crippen molar-refractivity contribution in [2.24, 2.45) is 0 Å². The van der Waals surface area contributed by atoms with Gasteiger partial charge in [-0.05, 0) is 54.8 Å². The smallest absolute Gasteiger partial charge is 0.294 e. The van der Waals surface area contributed by atoms with E-state index < -0.39 is 11.9 Å². The summed E-state index contributed by atoms with van der Waals surface area (Å²) in [4.78, 5) is 28.8. The minimum atomic E-state index is -0.944. The molecule has 3 aromatic rings. The molecule has 0 spiro atoms. The zero-order chi connectivity index (χ0) is 22.8. The fourth-order valence-electron chi connectivity index (χ4n) is 4.35. The number of benzene rings is 2. The fourth-order valence-corrected chi connectivity index (χ4v) is 4.48. The molecule has 2 aromatic carbocycles. The van der Waals surface area contributed by atoms with Crippen LogP contribution >= 0.6 is 11.6 Å². The first-order valence-corrected chi connectivity index (χ1v) is 11.3. The van der Waals surface area contributed by atoms with Crippen LogP contribution in [0.2, 0.25) is 5.02 Å². The Morgan fingerprint density at radius 1 is 1.00 bits per heavy atom. The summed E-state index contributed by atoms with van der Waals surface area (Å²) in [6.45, 7) is 0.105. The second-order valence-corrected chi connectivity index (χ2v) is 8.57. The first kappa shape index (κ1) is 21.4. The fraction of sp³-hybridized carbons (Fsp3) is 0.280. The molecule has 0 radical (unpaired) electrons. The molecule has 1 aromatic heterocycles. The molecule has 0 bridgehead atoms. The van der Waals surface area contributed by atoms with Gasteiger partial charge in [0.1, 0.15) is 6.04 Å². The molecule has 7 nitrogen and oxygen atoms in total. The van der Waals surface area contributed by atoms with Crippen molar-refractivity contribution < 1.29 is 23.5 Å². The highest BCUT2D eigenvalue weighted by atomic mass is 35.5. The SMILES string of the molecule is O=C(NC1CCCC1)[C@@H](c1ccc(Cl)cc1)N(C(=O)c1ccco1)c1ccc2c(c1)OCO2. The zero-order valence-electron chi connectivity index (χ0n) is 17.8. The summed E-state index contributed by atoms with van der Waals surface area (Å²) >= 11 is 6.11. The Bertz CT molecular complexity index is 1140. The van der Waals surface area contributed by atoms with Crippen LogP contribution in [-0.2, 0) is 4.79 Å². The number of fused-ring (bicyclic) bond motifs is 1. The summed E-state index contributed by atoms with van der Waals surface area (Å²) in [6, 6.07) is 14.5. The van der Waals surface area contributed by atoms with E-state index in [1.54, 1.807) is 54.6 Å². The minimum Gasteiger partial charge on any atom is -0.459 e. The number of rotatable bonds is 6. The summed E-state index contributed by atoms with van der Waals surface area (Å²) in [5.41, 5.74) is 1.12. The van der Waals surface area contributed by atoms with Gasteiger partial charge in [-0.3, -0.25) is 14.5 Å². The van der Waals surface area contributed by atoms with Crippen LogP contribution in [0.25, 0.3) is 0 Å². The maximum atomic E-state index is 13.7. The number of anilines is 1. The Hall–Kier alpha value is -3.45. The number of nitrogens with zero attached hydrogens (tertiary/aromatic N) is 1. The third-order valence-electron chi connectivity index (χ3n) is 5.98. The standard InChI is InChI=1S/C25H23ClN2O5/c26-17-9-7-16(8-10-17)23(24(29)27-18-4-1-2-5-18)28(25(30)21-6-3-13-31-21)19-11-12-20-22(14-19)33-15-32-20/h3,6-14,18,23H,1-2,4-5,15H2,(H,27,29)/t23-/m1/s1. The highest BCUT2D eigenvalue weighted by Gasteiger charge is 2.36.